The number of ether oxygens (including phenoxy) is 2. The highest BCUT2D eigenvalue weighted by molar-refractivity contribution is 6.17. The molecule has 0 bridgehead atoms. The van der Waals surface area contributed by atoms with Crippen molar-refractivity contribution in [2.24, 2.45) is 0 Å². The lowest BCUT2D eigenvalue weighted by molar-refractivity contribution is 0.111. The highest BCUT2D eigenvalue weighted by Crippen LogP contribution is 2.44. The molecule has 1 unspecified atom stereocenters. The predicted octanol–water partition coefficient (Wildman–Crippen LogP) is 5.42. The molecule has 3 aromatic carbocycles. The first-order chi connectivity index (χ1) is 14.2. The standard InChI is InChI=1S/C25H27ClO3/c1-28-22-14-10-20(11-15-22)25(24(27)9-6-18-26,19-7-4-3-5-8-19)21-12-16-23(29-2)17-13-21/h3-5,7-8,10-17,24,27H,6,9,18H2,1-2H3. The van der Waals surface area contributed by atoms with E-state index in [0.717, 1.165) is 34.6 Å². The molecule has 0 aliphatic carbocycles. The second kappa shape index (κ2) is 9.82. The molecule has 0 saturated carbocycles. The van der Waals surface area contributed by atoms with Crippen LogP contribution in [0.15, 0.2) is 78.9 Å². The van der Waals surface area contributed by atoms with Gasteiger partial charge in [0, 0.05) is 5.88 Å². The third-order valence-electron chi connectivity index (χ3n) is 5.43. The molecule has 0 amide bonds. The Labute approximate surface area is 177 Å². The quantitative estimate of drug-likeness (QED) is 0.378. The molecule has 0 spiro atoms. The fourth-order valence-electron chi connectivity index (χ4n) is 3.97. The minimum Gasteiger partial charge on any atom is -0.497 e. The van der Waals surface area contributed by atoms with Crippen LogP contribution in [0.2, 0.25) is 0 Å². The molecule has 29 heavy (non-hydrogen) atoms. The van der Waals surface area contributed by atoms with Crippen LogP contribution >= 0.6 is 11.6 Å². The summed E-state index contributed by atoms with van der Waals surface area (Å²) < 4.78 is 10.7. The Bertz CT molecular complexity index is 829. The number of aliphatic hydroxyl groups is 1. The zero-order chi connectivity index (χ0) is 20.7. The SMILES string of the molecule is COc1ccc(C(c2ccccc2)(c2ccc(OC)cc2)C(O)CCCCl)cc1. The van der Waals surface area contributed by atoms with E-state index in [4.69, 9.17) is 21.1 Å². The summed E-state index contributed by atoms with van der Waals surface area (Å²) in [5, 5.41) is 11.6. The monoisotopic (exact) mass is 410 g/mol. The summed E-state index contributed by atoms with van der Waals surface area (Å²) in [6.45, 7) is 0. The Balaban J connectivity index is 2.27. The van der Waals surface area contributed by atoms with Gasteiger partial charge in [0.2, 0.25) is 0 Å². The van der Waals surface area contributed by atoms with Crippen LogP contribution in [-0.2, 0) is 5.41 Å². The van der Waals surface area contributed by atoms with Crippen LogP contribution in [0.5, 0.6) is 11.5 Å². The van der Waals surface area contributed by atoms with Gasteiger partial charge in [-0.15, -0.1) is 11.6 Å². The van der Waals surface area contributed by atoms with E-state index in [1.807, 2.05) is 66.7 Å². The number of halogens is 1. The fraction of sp³-hybridized carbons (Fsp3) is 0.280. The molecule has 1 atom stereocenters. The molecule has 152 valence electrons. The van der Waals surface area contributed by atoms with Gasteiger partial charge in [0.25, 0.3) is 0 Å². The number of rotatable bonds is 9. The Morgan fingerprint density at radius 2 is 1.21 bits per heavy atom. The molecule has 3 nitrogen and oxygen atoms in total. The Morgan fingerprint density at radius 1 is 0.759 bits per heavy atom. The minimum atomic E-state index is -0.744. The molecule has 0 aliphatic heterocycles. The third kappa shape index (κ3) is 4.26. The van der Waals surface area contributed by atoms with Gasteiger partial charge >= 0.3 is 0 Å². The van der Waals surface area contributed by atoms with Crippen molar-refractivity contribution in [3.63, 3.8) is 0 Å². The molecule has 1 N–H and O–H groups in total. The number of benzene rings is 3. The number of hydrogen-bond donors (Lipinski definition) is 1. The van der Waals surface area contributed by atoms with Crippen molar-refractivity contribution < 1.29 is 14.6 Å². The van der Waals surface area contributed by atoms with Gasteiger partial charge in [-0.3, -0.25) is 0 Å². The largest absolute Gasteiger partial charge is 0.497 e. The highest BCUT2D eigenvalue weighted by Gasteiger charge is 2.42. The fourth-order valence-corrected chi connectivity index (χ4v) is 4.13. The lowest BCUT2D eigenvalue weighted by Crippen LogP contribution is -2.42. The average molecular weight is 411 g/mol. The van der Waals surface area contributed by atoms with Crippen LogP contribution in [0.25, 0.3) is 0 Å². The molecule has 0 aliphatic rings. The van der Waals surface area contributed by atoms with Gasteiger partial charge in [-0.2, -0.15) is 0 Å². The van der Waals surface area contributed by atoms with E-state index in [2.05, 4.69) is 12.1 Å². The molecule has 4 heteroatoms. The van der Waals surface area contributed by atoms with Gasteiger partial charge in [0.15, 0.2) is 0 Å². The summed E-state index contributed by atoms with van der Waals surface area (Å²) in [7, 11) is 3.30. The second-order valence-electron chi connectivity index (χ2n) is 6.98. The van der Waals surface area contributed by atoms with Crippen molar-refractivity contribution in [2.45, 2.75) is 24.4 Å². The third-order valence-corrected chi connectivity index (χ3v) is 5.70. The van der Waals surface area contributed by atoms with E-state index in [1.165, 1.54) is 0 Å². The summed E-state index contributed by atoms with van der Waals surface area (Å²) in [4.78, 5) is 0. The van der Waals surface area contributed by atoms with E-state index >= 15 is 0 Å². The highest BCUT2D eigenvalue weighted by atomic mass is 35.5. The molecular weight excluding hydrogens is 384 g/mol. The molecule has 3 aromatic rings. The van der Waals surface area contributed by atoms with Crippen LogP contribution in [0.1, 0.15) is 29.5 Å². The lowest BCUT2D eigenvalue weighted by atomic mass is 9.65. The average Bonchev–Trinajstić information content (AvgIpc) is 2.79. The molecule has 0 radical (unpaired) electrons. The lowest BCUT2D eigenvalue weighted by Gasteiger charge is -2.40. The number of aliphatic hydroxyl groups excluding tert-OH is 1. The van der Waals surface area contributed by atoms with Gasteiger partial charge in [-0.25, -0.2) is 0 Å². The summed E-state index contributed by atoms with van der Waals surface area (Å²) in [5.74, 6) is 2.06. The Hall–Kier alpha value is -2.49. The number of hydrogen-bond acceptors (Lipinski definition) is 3. The molecule has 3 rings (SSSR count). The predicted molar refractivity (Wildman–Crippen MR) is 118 cm³/mol. The summed E-state index contributed by atoms with van der Waals surface area (Å²) in [5.41, 5.74) is 2.28. The van der Waals surface area contributed by atoms with Crippen LogP contribution in [0.4, 0.5) is 0 Å². The first kappa shape index (κ1) is 21.2. The Morgan fingerprint density at radius 3 is 1.62 bits per heavy atom. The van der Waals surface area contributed by atoms with E-state index in [0.29, 0.717) is 12.3 Å². The van der Waals surface area contributed by atoms with E-state index < -0.39 is 11.5 Å². The maximum Gasteiger partial charge on any atom is 0.118 e. The van der Waals surface area contributed by atoms with Crippen LogP contribution < -0.4 is 9.47 Å². The summed E-state index contributed by atoms with van der Waals surface area (Å²) >= 11 is 5.97. The molecule has 0 saturated heterocycles. The number of methoxy groups -OCH3 is 2. The van der Waals surface area contributed by atoms with E-state index in [-0.39, 0.29) is 0 Å². The van der Waals surface area contributed by atoms with Gasteiger partial charge in [-0.1, -0.05) is 54.6 Å². The maximum absolute atomic E-state index is 11.6. The number of alkyl halides is 1. The van der Waals surface area contributed by atoms with Crippen molar-refractivity contribution >= 4 is 11.6 Å². The van der Waals surface area contributed by atoms with Crippen LogP contribution in [0.3, 0.4) is 0 Å². The van der Waals surface area contributed by atoms with Crippen molar-refractivity contribution in [1.29, 1.82) is 0 Å². The van der Waals surface area contributed by atoms with Crippen LogP contribution in [0, 0.1) is 0 Å². The zero-order valence-electron chi connectivity index (χ0n) is 16.8. The van der Waals surface area contributed by atoms with Gasteiger partial charge in [-0.05, 0) is 53.8 Å². The van der Waals surface area contributed by atoms with E-state index in [9.17, 15) is 5.11 Å². The van der Waals surface area contributed by atoms with E-state index in [1.54, 1.807) is 14.2 Å². The minimum absolute atomic E-state index is 0.507. The topological polar surface area (TPSA) is 38.7 Å². The normalized spacial score (nSPS) is 12.4. The molecule has 0 aromatic heterocycles. The Kier molecular flexibility index (Phi) is 7.18. The van der Waals surface area contributed by atoms with Crippen molar-refractivity contribution in [3.8, 4) is 11.5 Å². The summed E-state index contributed by atoms with van der Waals surface area (Å²) in [6.07, 6.45) is 0.644. The molecule has 0 fully saturated rings. The maximum atomic E-state index is 11.6. The van der Waals surface area contributed by atoms with Crippen molar-refractivity contribution in [1.82, 2.24) is 0 Å². The van der Waals surface area contributed by atoms with Crippen molar-refractivity contribution in [3.05, 3.63) is 95.6 Å². The second-order valence-corrected chi connectivity index (χ2v) is 7.36. The van der Waals surface area contributed by atoms with Gasteiger partial charge in [0.1, 0.15) is 11.5 Å². The zero-order valence-corrected chi connectivity index (χ0v) is 17.6. The molecular formula is C25H27ClO3. The first-order valence-corrected chi connectivity index (χ1v) is 10.3. The van der Waals surface area contributed by atoms with Gasteiger partial charge < -0.3 is 14.6 Å². The van der Waals surface area contributed by atoms with Crippen molar-refractivity contribution in [2.75, 3.05) is 20.1 Å². The summed E-state index contributed by atoms with van der Waals surface area (Å²) in [6, 6.07) is 26.0. The molecule has 0 heterocycles. The first-order valence-electron chi connectivity index (χ1n) is 9.75. The van der Waals surface area contributed by atoms with Gasteiger partial charge in [0.05, 0.1) is 25.7 Å². The smallest absolute Gasteiger partial charge is 0.118 e. The van der Waals surface area contributed by atoms with Crippen LogP contribution in [-0.4, -0.2) is 31.3 Å².